The Morgan fingerprint density at radius 3 is 2.54 bits per heavy atom. The van der Waals surface area contributed by atoms with E-state index in [0.717, 1.165) is 31.9 Å². The van der Waals surface area contributed by atoms with Crippen LogP contribution in [0.4, 0.5) is 11.4 Å². The Morgan fingerprint density at radius 2 is 1.85 bits per heavy atom. The molecule has 1 heterocycles. The number of amides is 1. The Bertz CT molecular complexity index is 798. The fraction of sp³-hybridized carbons (Fsp3) is 0.300. The Morgan fingerprint density at radius 1 is 1.12 bits per heavy atom. The molecule has 2 aromatic carbocycles. The molecule has 2 aromatic rings. The number of piperazine rings is 1. The lowest BCUT2D eigenvalue weighted by Crippen LogP contribution is -3.15. The number of nitrogens with zero attached hydrogens (tertiary/aromatic N) is 1. The van der Waals surface area contributed by atoms with Gasteiger partial charge in [0.05, 0.1) is 31.9 Å². The fourth-order valence-electron chi connectivity index (χ4n) is 3.22. The molecule has 6 heteroatoms. The highest BCUT2D eigenvalue weighted by Crippen LogP contribution is 2.25. The Labute approximate surface area is 153 Å². The maximum Gasteiger partial charge on any atom is 0.279 e. The van der Waals surface area contributed by atoms with Crippen LogP contribution < -0.4 is 15.1 Å². The Hall–Kier alpha value is -2.86. The standard InChI is InChI=1S/C20H23N3O3/c1-15(24)16-5-4-6-17(13-16)21-20(26)14-22-9-11-23(12-10-22)18-7-2-3-8-19(18)25/h2-8,13,25H,9-12,14H2,1H3,(H,21,26)/p+1. The summed E-state index contributed by atoms with van der Waals surface area (Å²) in [7, 11) is 0. The van der Waals surface area contributed by atoms with E-state index in [4.69, 9.17) is 0 Å². The minimum atomic E-state index is -0.0586. The highest BCUT2D eigenvalue weighted by Gasteiger charge is 2.23. The van der Waals surface area contributed by atoms with Crippen molar-refractivity contribution in [3.8, 4) is 5.75 Å². The van der Waals surface area contributed by atoms with Crippen LogP contribution in [-0.4, -0.2) is 49.5 Å². The summed E-state index contributed by atoms with van der Waals surface area (Å²) in [6, 6.07) is 14.3. The molecule has 1 saturated heterocycles. The third kappa shape index (κ3) is 4.40. The van der Waals surface area contributed by atoms with Gasteiger partial charge >= 0.3 is 0 Å². The second kappa shape index (κ2) is 8.01. The third-order valence-corrected chi connectivity index (χ3v) is 4.66. The molecule has 1 fully saturated rings. The summed E-state index contributed by atoms with van der Waals surface area (Å²) in [6.07, 6.45) is 0. The van der Waals surface area contributed by atoms with Crippen molar-refractivity contribution in [1.82, 2.24) is 0 Å². The van der Waals surface area contributed by atoms with E-state index in [1.54, 1.807) is 30.3 Å². The molecule has 3 N–H and O–H groups in total. The number of para-hydroxylation sites is 2. The second-order valence-electron chi connectivity index (χ2n) is 6.59. The molecule has 0 unspecified atom stereocenters. The van der Waals surface area contributed by atoms with E-state index in [1.165, 1.54) is 11.8 Å². The summed E-state index contributed by atoms with van der Waals surface area (Å²) in [5.74, 6) is 0.211. The molecule has 0 aromatic heterocycles. The number of phenols is 1. The summed E-state index contributed by atoms with van der Waals surface area (Å²) >= 11 is 0. The number of hydrogen-bond acceptors (Lipinski definition) is 4. The molecule has 0 atom stereocenters. The first-order chi connectivity index (χ1) is 12.5. The van der Waals surface area contributed by atoms with Crippen molar-refractivity contribution in [2.24, 2.45) is 0 Å². The lowest BCUT2D eigenvalue weighted by Gasteiger charge is -2.33. The number of quaternary nitrogens is 1. The van der Waals surface area contributed by atoms with Crippen molar-refractivity contribution in [3.05, 3.63) is 54.1 Å². The normalized spacial score (nSPS) is 14.9. The average Bonchev–Trinajstić information content (AvgIpc) is 2.63. The predicted octanol–water partition coefficient (Wildman–Crippen LogP) is 0.938. The predicted molar refractivity (Wildman–Crippen MR) is 101 cm³/mol. The van der Waals surface area contributed by atoms with E-state index in [9.17, 15) is 14.7 Å². The molecule has 1 aliphatic rings. The zero-order valence-electron chi connectivity index (χ0n) is 14.9. The van der Waals surface area contributed by atoms with Crippen molar-refractivity contribution >= 4 is 23.1 Å². The summed E-state index contributed by atoms with van der Waals surface area (Å²) in [6.45, 7) is 5.14. The highest BCUT2D eigenvalue weighted by atomic mass is 16.3. The van der Waals surface area contributed by atoms with E-state index >= 15 is 0 Å². The number of carbonyl (C=O) groups excluding carboxylic acids is 2. The first-order valence-corrected chi connectivity index (χ1v) is 8.80. The maximum atomic E-state index is 12.3. The number of phenolic OH excluding ortho intramolecular Hbond substituents is 1. The van der Waals surface area contributed by atoms with Gasteiger partial charge in [-0.05, 0) is 31.2 Å². The van der Waals surface area contributed by atoms with Crippen LogP contribution in [-0.2, 0) is 4.79 Å². The fourth-order valence-corrected chi connectivity index (χ4v) is 3.22. The number of anilines is 2. The number of hydrogen-bond donors (Lipinski definition) is 3. The molecule has 0 spiro atoms. The van der Waals surface area contributed by atoms with E-state index in [0.29, 0.717) is 23.5 Å². The van der Waals surface area contributed by atoms with Crippen LogP contribution in [0.2, 0.25) is 0 Å². The first kappa shape index (κ1) is 17.9. The molecule has 136 valence electrons. The van der Waals surface area contributed by atoms with Gasteiger partial charge in [-0.15, -0.1) is 0 Å². The van der Waals surface area contributed by atoms with E-state index in [-0.39, 0.29) is 11.7 Å². The van der Waals surface area contributed by atoms with Crippen LogP contribution in [0.25, 0.3) is 0 Å². The number of ketones is 1. The van der Waals surface area contributed by atoms with E-state index in [1.807, 2.05) is 18.2 Å². The van der Waals surface area contributed by atoms with Gasteiger partial charge in [0.2, 0.25) is 0 Å². The molecule has 6 nitrogen and oxygen atoms in total. The molecule has 26 heavy (non-hydrogen) atoms. The Kier molecular flexibility index (Phi) is 5.53. The first-order valence-electron chi connectivity index (χ1n) is 8.80. The van der Waals surface area contributed by atoms with E-state index < -0.39 is 0 Å². The van der Waals surface area contributed by atoms with Crippen molar-refractivity contribution in [1.29, 1.82) is 0 Å². The van der Waals surface area contributed by atoms with Gasteiger partial charge in [-0.3, -0.25) is 9.59 Å². The summed E-state index contributed by atoms with van der Waals surface area (Å²) in [5.41, 5.74) is 2.08. The smallest absolute Gasteiger partial charge is 0.279 e. The lowest BCUT2D eigenvalue weighted by atomic mass is 10.1. The van der Waals surface area contributed by atoms with Gasteiger partial charge in [-0.25, -0.2) is 0 Å². The molecule has 3 rings (SSSR count). The molecule has 1 amide bonds. The average molecular weight is 354 g/mol. The molecule has 0 radical (unpaired) electrons. The summed E-state index contributed by atoms with van der Waals surface area (Å²) in [4.78, 5) is 27.1. The van der Waals surface area contributed by atoms with Gasteiger partial charge in [0.15, 0.2) is 12.3 Å². The van der Waals surface area contributed by atoms with Crippen molar-refractivity contribution in [3.63, 3.8) is 0 Å². The molecule has 0 aliphatic carbocycles. The number of rotatable bonds is 5. The quantitative estimate of drug-likeness (QED) is 0.699. The molecular formula is C20H24N3O3+. The zero-order chi connectivity index (χ0) is 18.5. The lowest BCUT2D eigenvalue weighted by molar-refractivity contribution is -0.892. The minimum Gasteiger partial charge on any atom is -0.506 e. The van der Waals surface area contributed by atoms with Crippen LogP contribution >= 0.6 is 0 Å². The monoisotopic (exact) mass is 354 g/mol. The number of Topliss-reactive ketones (excluding diaryl/α,β-unsaturated/α-hetero) is 1. The maximum absolute atomic E-state index is 12.3. The van der Waals surface area contributed by atoms with Crippen LogP contribution in [0.5, 0.6) is 5.75 Å². The third-order valence-electron chi connectivity index (χ3n) is 4.66. The van der Waals surface area contributed by atoms with Crippen molar-refractivity contribution in [2.45, 2.75) is 6.92 Å². The molecule has 0 saturated carbocycles. The highest BCUT2D eigenvalue weighted by molar-refractivity contribution is 5.97. The van der Waals surface area contributed by atoms with Crippen molar-refractivity contribution in [2.75, 3.05) is 42.9 Å². The van der Waals surface area contributed by atoms with Crippen LogP contribution in [0, 0.1) is 0 Å². The van der Waals surface area contributed by atoms with Gasteiger partial charge in [0, 0.05) is 11.3 Å². The Balaban J connectivity index is 1.51. The summed E-state index contributed by atoms with van der Waals surface area (Å²) in [5, 5.41) is 12.8. The van der Waals surface area contributed by atoms with E-state index in [2.05, 4.69) is 10.2 Å². The zero-order valence-corrected chi connectivity index (χ0v) is 14.9. The van der Waals surface area contributed by atoms with Gasteiger partial charge in [-0.1, -0.05) is 24.3 Å². The number of nitrogens with one attached hydrogen (secondary N) is 2. The molecular weight excluding hydrogens is 330 g/mol. The second-order valence-corrected chi connectivity index (χ2v) is 6.59. The van der Waals surface area contributed by atoms with Gasteiger partial charge in [-0.2, -0.15) is 0 Å². The van der Waals surface area contributed by atoms with Crippen LogP contribution in [0.1, 0.15) is 17.3 Å². The number of carbonyl (C=O) groups is 2. The minimum absolute atomic E-state index is 0.0213. The van der Waals surface area contributed by atoms with Gasteiger partial charge in [0.1, 0.15) is 5.75 Å². The number of benzene rings is 2. The molecule has 0 bridgehead atoms. The molecule has 1 aliphatic heterocycles. The van der Waals surface area contributed by atoms with Crippen LogP contribution in [0.15, 0.2) is 48.5 Å². The van der Waals surface area contributed by atoms with Gasteiger partial charge in [0.25, 0.3) is 5.91 Å². The SMILES string of the molecule is CC(=O)c1cccc(NC(=O)C[NH+]2CCN(c3ccccc3O)CC2)c1. The largest absolute Gasteiger partial charge is 0.506 e. The number of aromatic hydroxyl groups is 1. The topological polar surface area (TPSA) is 74.1 Å². The van der Waals surface area contributed by atoms with Crippen molar-refractivity contribution < 1.29 is 19.6 Å². The van der Waals surface area contributed by atoms with Gasteiger partial charge < -0.3 is 20.2 Å². The summed E-state index contributed by atoms with van der Waals surface area (Å²) < 4.78 is 0. The van der Waals surface area contributed by atoms with Crippen LogP contribution in [0.3, 0.4) is 0 Å².